The molecule has 8 nitrogen and oxygen atoms in total. The molecule has 0 atom stereocenters. The van der Waals surface area contributed by atoms with Crippen molar-refractivity contribution in [2.45, 2.75) is 6.18 Å². The van der Waals surface area contributed by atoms with Crippen LogP contribution in [-0.4, -0.2) is 39.0 Å². The van der Waals surface area contributed by atoms with Gasteiger partial charge in [0.05, 0.1) is 7.11 Å². The first kappa shape index (κ1) is 22.1. The fourth-order valence-corrected chi connectivity index (χ4v) is 3.57. The fourth-order valence-electron chi connectivity index (χ4n) is 3.57. The van der Waals surface area contributed by atoms with Crippen LogP contribution in [0.2, 0.25) is 0 Å². The predicted molar refractivity (Wildman–Crippen MR) is 125 cm³/mol. The molecule has 1 amide bonds. The third-order valence-corrected chi connectivity index (χ3v) is 5.27. The lowest BCUT2D eigenvalue weighted by Crippen LogP contribution is -2.29. The van der Waals surface area contributed by atoms with Gasteiger partial charge in [0, 0.05) is 27.7 Å². The van der Waals surface area contributed by atoms with Gasteiger partial charge in [0.1, 0.15) is 5.75 Å². The van der Waals surface area contributed by atoms with Gasteiger partial charge in [-0.1, -0.05) is 24.3 Å². The van der Waals surface area contributed by atoms with E-state index in [0.717, 1.165) is 16.3 Å². The van der Waals surface area contributed by atoms with Gasteiger partial charge >= 0.3 is 12.1 Å². The van der Waals surface area contributed by atoms with E-state index in [4.69, 9.17) is 9.84 Å². The molecule has 0 fully saturated rings. The number of methoxy groups -OCH3 is 1. The van der Waals surface area contributed by atoms with Gasteiger partial charge in [-0.05, 0) is 48.5 Å². The Morgan fingerprint density at radius 1 is 0.886 bits per heavy atom. The number of amides is 1. The Kier molecular flexibility index (Phi) is 5.44. The lowest BCUT2D eigenvalue weighted by molar-refractivity contribution is -0.167. The van der Waals surface area contributed by atoms with Crippen LogP contribution in [-0.2, 0) is 4.79 Å². The number of carbonyl (C=O) groups excluding carboxylic acids is 1. The maximum Gasteiger partial charge on any atom is 0.471 e. The van der Waals surface area contributed by atoms with Crippen LogP contribution in [0.1, 0.15) is 0 Å². The Morgan fingerprint density at radius 2 is 1.54 bits per heavy atom. The molecule has 0 saturated carbocycles. The molecule has 0 bridgehead atoms. The van der Waals surface area contributed by atoms with Crippen molar-refractivity contribution in [2.24, 2.45) is 0 Å². The van der Waals surface area contributed by atoms with Crippen LogP contribution in [0.5, 0.6) is 5.75 Å². The second-order valence-corrected chi connectivity index (χ2v) is 7.54. The molecule has 0 spiro atoms. The zero-order valence-electron chi connectivity index (χ0n) is 18.2. The van der Waals surface area contributed by atoms with E-state index in [0.29, 0.717) is 28.7 Å². The zero-order valence-corrected chi connectivity index (χ0v) is 18.2. The average molecular weight is 478 g/mol. The van der Waals surface area contributed by atoms with E-state index in [2.05, 4.69) is 15.5 Å². The van der Waals surface area contributed by atoms with Gasteiger partial charge in [-0.3, -0.25) is 4.79 Å². The van der Waals surface area contributed by atoms with Crippen LogP contribution in [0.3, 0.4) is 0 Å². The molecule has 0 aliphatic heterocycles. The van der Waals surface area contributed by atoms with Crippen LogP contribution in [0, 0.1) is 0 Å². The molecule has 0 unspecified atom stereocenters. The second-order valence-electron chi connectivity index (χ2n) is 7.54. The van der Waals surface area contributed by atoms with E-state index in [1.807, 2.05) is 53.8 Å². The van der Waals surface area contributed by atoms with E-state index in [1.54, 1.807) is 23.8 Å². The van der Waals surface area contributed by atoms with Gasteiger partial charge in [0.25, 0.3) is 0 Å². The molecule has 35 heavy (non-hydrogen) atoms. The highest BCUT2D eigenvalue weighted by Gasteiger charge is 2.38. The molecular formula is C24H17F3N6O2. The number of fused-ring (bicyclic) bond motifs is 3. The highest BCUT2D eigenvalue weighted by atomic mass is 19.4. The number of ether oxygens (including phenoxy) is 1. The molecule has 2 heterocycles. The summed E-state index contributed by atoms with van der Waals surface area (Å²) in [4.78, 5) is 11.2. The molecule has 5 aromatic rings. The Hall–Kier alpha value is -4.67. The number of hydrogen-bond acceptors (Lipinski definition) is 6. The van der Waals surface area contributed by atoms with Crippen LogP contribution in [0.15, 0.2) is 72.8 Å². The molecule has 0 radical (unpaired) electrons. The van der Waals surface area contributed by atoms with Crippen LogP contribution < -0.4 is 15.4 Å². The maximum absolute atomic E-state index is 12.5. The van der Waals surface area contributed by atoms with E-state index >= 15 is 0 Å². The zero-order chi connectivity index (χ0) is 24.6. The molecule has 0 saturated heterocycles. The summed E-state index contributed by atoms with van der Waals surface area (Å²) < 4.78 is 44.3. The fraction of sp³-hybridized carbons (Fsp3) is 0.0833. The van der Waals surface area contributed by atoms with Crippen molar-refractivity contribution < 1.29 is 22.7 Å². The van der Waals surface area contributed by atoms with Crippen molar-refractivity contribution in [3.8, 4) is 17.1 Å². The summed E-state index contributed by atoms with van der Waals surface area (Å²) >= 11 is 0. The first-order valence-electron chi connectivity index (χ1n) is 10.4. The Bertz CT molecular complexity index is 1530. The lowest BCUT2D eigenvalue weighted by atomic mass is 10.1. The van der Waals surface area contributed by atoms with E-state index in [9.17, 15) is 18.0 Å². The minimum absolute atomic E-state index is 0.0201. The van der Waals surface area contributed by atoms with E-state index in [1.165, 1.54) is 12.1 Å². The maximum atomic E-state index is 12.5. The quantitative estimate of drug-likeness (QED) is 0.361. The first-order chi connectivity index (χ1) is 16.8. The summed E-state index contributed by atoms with van der Waals surface area (Å²) in [6.45, 7) is 0. The number of aromatic nitrogens is 4. The Morgan fingerprint density at radius 3 is 2.20 bits per heavy atom. The van der Waals surface area contributed by atoms with Gasteiger partial charge in [0.15, 0.2) is 17.3 Å². The number of carbonyl (C=O) groups is 1. The molecule has 5 rings (SSSR count). The minimum Gasteiger partial charge on any atom is -0.497 e. The topological polar surface area (TPSA) is 93.4 Å². The standard InChI is InChI=1S/C24H17F3N6O2/c1-35-17-12-6-14(7-13-17)21-30-31-22-19-5-3-2-4-18(19)20(32-33(21)22)28-15-8-10-16(11-9-15)29-23(34)24(25,26)27/h2-13H,1H3,(H,28,32)(H,29,34). The number of rotatable bonds is 5. The van der Waals surface area contributed by atoms with Gasteiger partial charge < -0.3 is 15.4 Å². The van der Waals surface area contributed by atoms with Crippen LogP contribution in [0.4, 0.5) is 30.4 Å². The van der Waals surface area contributed by atoms with Crippen molar-refractivity contribution >= 4 is 39.5 Å². The monoisotopic (exact) mass is 478 g/mol. The van der Waals surface area contributed by atoms with Gasteiger partial charge in [-0.15, -0.1) is 15.3 Å². The van der Waals surface area contributed by atoms with Crippen molar-refractivity contribution in [1.82, 2.24) is 19.8 Å². The molecule has 3 aromatic carbocycles. The van der Waals surface area contributed by atoms with E-state index in [-0.39, 0.29) is 5.69 Å². The van der Waals surface area contributed by atoms with Crippen LogP contribution in [0.25, 0.3) is 27.8 Å². The average Bonchev–Trinajstić information content (AvgIpc) is 3.29. The number of hydrogen-bond donors (Lipinski definition) is 2. The number of nitrogens with zero attached hydrogens (tertiary/aromatic N) is 4. The van der Waals surface area contributed by atoms with Gasteiger partial charge in [-0.2, -0.15) is 17.7 Å². The number of halogens is 3. The molecule has 2 aromatic heterocycles. The van der Waals surface area contributed by atoms with Crippen molar-refractivity contribution in [2.75, 3.05) is 17.7 Å². The molecule has 0 aliphatic carbocycles. The summed E-state index contributed by atoms with van der Waals surface area (Å²) in [6, 6.07) is 20.7. The summed E-state index contributed by atoms with van der Waals surface area (Å²) in [7, 11) is 1.59. The van der Waals surface area contributed by atoms with Crippen molar-refractivity contribution in [1.29, 1.82) is 0 Å². The number of alkyl halides is 3. The number of anilines is 3. The van der Waals surface area contributed by atoms with Gasteiger partial charge in [0.2, 0.25) is 0 Å². The summed E-state index contributed by atoms with van der Waals surface area (Å²) in [5.74, 6) is -0.301. The van der Waals surface area contributed by atoms with Crippen molar-refractivity contribution in [3.05, 3.63) is 72.8 Å². The summed E-state index contributed by atoms with van der Waals surface area (Å²) in [6.07, 6.45) is -4.96. The predicted octanol–water partition coefficient (Wildman–Crippen LogP) is 5.20. The molecule has 176 valence electrons. The second kappa shape index (κ2) is 8.60. The molecule has 2 N–H and O–H groups in total. The third kappa shape index (κ3) is 4.31. The molecular weight excluding hydrogens is 461 g/mol. The number of nitrogens with one attached hydrogen (secondary N) is 2. The third-order valence-electron chi connectivity index (χ3n) is 5.27. The normalized spacial score (nSPS) is 11.5. The lowest BCUT2D eigenvalue weighted by Gasteiger charge is -2.12. The van der Waals surface area contributed by atoms with Crippen LogP contribution >= 0.6 is 0 Å². The minimum atomic E-state index is -4.96. The van der Waals surface area contributed by atoms with Crippen molar-refractivity contribution in [3.63, 3.8) is 0 Å². The molecule has 11 heteroatoms. The summed E-state index contributed by atoms with van der Waals surface area (Å²) in [5, 5.41) is 20.0. The highest BCUT2D eigenvalue weighted by molar-refractivity contribution is 6.01. The smallest absolute Gasteiger partial charge is 0.471 e. The summed E-state index contributed by atoms with van der Waals surface area (Å²) in [5.41, 5.74) is 1.94. The SMILES string of the molecule is COc1ccc(-c2nnc3c4ccccc4c(Nc4ccc(NC(=O)C(F)(F)F)cc4)nn23)cc1. The first-order valence-corrected chi connectivity index (χ1v) is 10.4. The largest absolute Gasteiger partial charge is 0.497 e. The van der Waals surface area contributed by atoms with E-state index < -0.39 is 12.1 Å². The van der Waals surface area contributed by atoms with Gasteiger partial charge in [-0.25, -0.2) is 0 Å². The Labute approximate surface area is 196 Å². The Balaban J connectivity index is 1.52. The molecule has 0 aliphatic rings. The number of benzene rings is 3. The highest BCUT2D eigenvalue weighted by Crippen LogP contribution is 2.30.